The molecule has 1 aliphatic rings. The number of hydrogen-bond acceptors (Lipinski definition) is 4. The van der Waals surface area contributed by atoms with Gasteiger partial charge in [0.1, 0.15) is 0 Å². The highest BCUT2D eigenvalue weighted by Gasteiger charge is 2.07. The number of H-pyrrole nitrogens is 1. The molecular weight excluding hydrogens is 130 g/mol. The van der Waals surface area contributed by atoms with E-state index in [4.69, 9.17) is 0 Å². The minimum atomic E-state index is 0.770. The predicted octanol–water partition coefficient (Wildman–Crippen LogP) is -0.357. The monoisotopic (exact) mass is 137 g/mol. The second kappa shape index (κ2) is 2.02. The Morgan fingerprint density at radius 1 is 1.60 bits per heavy atom. The van der Waals surface area contributed by atoms with Gasteiger partial charge in [-0.3, -0.25) is 0 Å². The summed E-state index contributed by atoms with van der Waals surface area (Å²) in [4.78, 5) is 1.95. The molecule has 10 heavy (non-hydrogen) atoms. The van der Waals surface area contributed by atoms with Gasteiger partial charge in [0.05, 0.1) is 12.9 Å². The van der Waals surface area contributed by atoms with Crippen LogP contribution in [-0.2, 0) is 0 Å². The number of aromatic nitrogens is 3. The molecular formula is C5H7N5. The van der Waals surface area contributed by atoms with Crippen LogP contribution in [0.15, 0.2) is 18.6 Å². The van der Waals surface area contributed by atoms with E-state index in [-0.39, 0.29) is 0 Å². The maximum absolute atomic E-state index is 3.90. The molecule has 1 aromatic heterocycles. The number of nitrogens with zero attached hydrogens (tertiary/aromatic N) is 3. The number of aromatic amines is 1. The zero-order valence-corrected chi connectivity index (χ0v) is 5.28. The van der Waals surface area contributed by atoms with Crippen LogP contribution in [0.2, 0.25) is 0 Å². The van der Waals surface area contributed by atoms with E-state index in [1.807, 2.05) is 17.3 Å². The SMILES string of the molecule is C1=CN(c2cn[nH]n2)CN1. The Morgan fingerprint density at radius 3 is 3.20 bits per heavy atom. The van der Waals surface area contributed by atoms with Gasteiger partial charge in [-0.1, -0.05) is 0 Å². The fourth-order valence-corrected chi connectivity index (χ4v) is 0.838. The van der Waals surface area contributed by atoms with Gasteiger partial charge in [0.2, 0.25) is 0 Å². The van der Waals surface area contributed by atoms with Crippen LogP contribution in [0, 0.1) is 0 Å². The summed E-state index contributed by atoms with van der Waals surface area (Å²) < 4.78 is 0. The lowest BCUT2D eigenvalue weighted by Crippen LogP contribution is -2.19. The van der Waals surface area contributed by atoms with Crippen molar-refractivity contribution in [2.45, 2.75) is 0 Å². The third-order valence-corrected chi connectivity index (χ3v) is 1.33. The van der Waals surface area contributed by atoms with Crippen molar-refractivity contribution in [2.24, 2.45) is 0 Å². The van der Waals surface area contributed by atoms with Crippen molar-refractivity contribution in [1.29, 1.82) is 0 Å². The summed E-state index contributed by atoms with van der Waals surface area (Å²) in [5.74, 6) is 0.834. The third kappa shape index (κ3) is 0.717. The second-order valence-electron chi connectivity index (χ2n) is 1.98. The van der Waals surface area contributed by atoms with Gasteiger partial charge >= 0.3 is 0 Å². The largest absolute Gasteiger partial charge is 0.372 e. The van der Waals surface area contributed by atoms with Crippen LogP contribution in [0.1, 0.15) is 0 Å². The van der Waals surface area contributed by atoms with E-state index in [0.29, 0.717) is 0 Å². The first-order valence-corrected chi connectivity index (χ1v) is 2.99. The highest BCUT2D eigenvalue weighted by molar-refractivity contribution is 5.39. The molecule has 52 valence electrons. The molecule has 2 rings (SSSR count). The Labute approximate surface area is 57.7 Å². The van der Waals surface area contributed by atoms with Crippen LogP contribution in [0.4, 0.5) is 5.82 Å². The summed E-state index contributed by atoms with van der Waals surface area (Å²) in [5, 5.41) is 13.2. The average molecular weight is 137 g/mol. The molecule has 0 amide bonds. The van der Waals surface area contributed by atoms with E-state index in [9.17, 15) is 0 Å². The van der Waals surface area contributed by atoms with E-state index in [2.05, 4.69) is 20.7 Å². The Bertz CT molecular complexity index is 226. The molecule has 5 heteroatoms. The summed E-state index contributed by atoms with van der Waals surface area (Å²) in [6, 6.07) is 0. The lowest BCUT2D eigenvalue weighted by Gasteiger charge is -2.08. The van der Waals surface area contributed by atoms with Crippen molar-refractivity contribution in [2.75, 3.05) is 11.6 Å². The quantitative estimate of drug-likeness (QED) is 0.555. The molecule has 2 heterocycles. The highest BCUT2D eigenvalue weighted by Crippen LogP contribution is 2.07. The van der Waals surface area contributed by atoms with E-state index in [1.54, 1.807) is 6.20 Å². The van der Waals surface area contributed by atoms with E-state index >= 15 is 0 Å². The molecule has 1 aliphatic heterocycles. The maximum Gasteiger partial charge on any atom is 0.176 e. The number of anilines is 1. The van der Waals surface area contributed by atoms with Crippen molar-refractivity contribution >= 4 is 5.82 Å². The lowest BCUT2D eigenvalue weighted by atomic mass is 10.6. The van der Waals surface area contributed by atoms with Crippen LogP contribution in [0.3, 0.4) is 0 Å². The van der Waals surface area contributed by atoms with Gasteiger partial charge in [-0.2, -0.15) is 10.3 Å². The van der Waals surface area contributed by atoms with Crippen molar-refractivity contribution in [3.05, 3.63) is 18.6 Å². The molecule has 0 unspecified atom stereocenters. The molecule has 0 radical (unpaired) electrons. The van der Waals surface area contributed by atoms with Gasteiger partial charge in [-0.05, 0) is 0 Å². The molecule has 2 N–H and O–H groups in total. The first-order valence-electron chi connectivity index (χ1n) is 2.99. The standard InChI is InChI=1S/C5H7N5/c1-2-10(4-6-1)5-3-7-9-8-5/h1-3,6H,4H2,(H,7,8,9). The van der Waals surface area contributed by atoms with Gasteiger partial charge in [-0.25, -0.2) is 0 Å². The first kappa shape index (κ1) is 5.28. The zero-order valence-electron chi connectivity index (χ0n) is 5.28. The smallest absolute Gasteiger partial charge is 0.176 e. The minimum absolute atomic E-state index is 0.770. The van der Waals surface area contributed by atoms with Gasteiger partial charge < -0.3 is 10.2 Å². The molecule has 0 spiro atoms. The zero-order chi connectivity index (χ0) is 6.81. The molecule has 0 bridgehead atoms. The normalized spacial score (nSPS) is 15.8. The first-order chi connectivity index (χ1) is 4.97. The minimum Gasteiger partial charge on any atom is -0.372 e. The lowest BCUT2D eigenvalue weighted by molar-refractivity contribution is 0.872. The maximum atomic E-state index is 3.90. The predicted molar refractivity (Wildman–Crippen MR) is 36.0 cm³/mol. The summed E-state index contributed by atoms with van der Waals surface area (Å²) >= 11 is 0. The van der Waals surface area contributed by atoms with Crippen LogP contribution < -0.4 is 10.2 Å². The Hall–Kier alpha value is -1.52. The van der Waals surface area contributed by atoms with Gasteiger partial charge in [0.25, 0.3) is 0 Å². The van der Waals surface area contributed by atoms with Crippen LogP contribution in [0.25, 0.3) is 0 Å². The third-order valence-electron chi connectivity index (χ3n) is 1.33. The van der Waals surface area contributed by atoms with E-state index < -0.39 is 0 Å². The van der Waals surface area contributed by atoms with Crippen molar-refractivity contribution in [1.82, 2.24) is 20.7 Å². The van der Waals surface area contributed by atoms with Crippen molar-refractivity contribution in [3.63, 3.8) is 0 Å². The molecule has 0 saturated carbocycles. The molecule has 0 saturated heterocycles. The summed E-state index contributed by atoms with van der Waals surface area (Å²) in [7, 11) is 0. The summed E-state index contributed by atoms with van der Waals surface area (Å²) in [6.45, 7) is 0.770. The fourth-order valence-electron chi connectivity index (χ4n) is 0.838. The molecule has 5 nitrogen and oxygen atoms in total. The van der Waals surface area contributed by atoms with Crippen molar-refractivity contribution in [3.8, 4) is 0 Å². The van der Waals surface area contributed by atoms with E-state index in [0.717, 1.165) is 12.5 Å². The molecule has 0 fully saturated rings. The second-order valence-corrected chi connectivity index (χ2v) is 1.98. The van der Waals surface area contributed by atoms with Crippen molar-refractivity contribution < 1.29 is 0 Å². The van der Waals surface area contributed by atoms with Gasteiger partial charge in [0.15, 0.2) is 5.82 Å². The molecule has 0 aromatic carbocycles. The Balaban J connectivity index is 2.20. The van der Waals surface area contributed by atoms with Crippen LogP contribution >= 0.6 is 0 Å². The van der Waals surface area contributed by atoms with Crippen LogP contribution in [0.5, 0.6) is 0 Å². The number of hydrogen-bond donors (Lipinski definition) is 2. The average Bonchev–Trinajstić information content (AvgIpc) is 2.59. The van der Waals surface area contributed by atoms with Gasteiger partial charge in [-0.15, -0.1) is 5.10 Å². The van der Waals surface area contributed by atoms with E-state index in [1.165, 1.54) is 0 Å². The molecule has 0 aliphatic carbocycles. The Morgan fingerprint density at radius 2 is 2.60 bits per heavy atom. The topological polar surface area (TPSA) is 56.8 Å². The molecule has 1 aromatic rings. The van der Waals surface area contributed by atoms with Crippen LogP contribution in [-0.4, -0.2) is 22.1 Å². The summed E-state index contributed by atoms with van der Waals surface area (Å²) in [6.07, 6.45) is 5.46. The van der Waals surface area contributed by atoms with Gasteiger partial charge in [0, 0.05) is 12.4 Å². The number of nitrogens with one attached hydrogen (secondary N) is 2. The summed E-state index contributed by atoms with van der Waals surface area (Å²) in [5.41, 5.74) is 0. The highest BCUT2D eigenvalue weighted by atomic mass is 15.4. The number of rotatable bonds is 1. The fraction of sp³-hybridized carbons (Fsp3) is 0.200. The molecule has 0 atom stereocenters. The Kier molecular flexibility index (Phi) is 1.06.